The summed E-state index contributed by atoms with van der Waals surface area (Å²) in [5.74, 6) is 0.0815. The van der Waals surface area contributed by atoms with Crippen LogP contribution in [0.5, 0.6) is 0 Å². The van der Waals surface area contributed by atoms with Crippen LogP contribution < -0.4 is 5.56 Å². The molecule has 0 saturated carbocycles. The standard InChI is InChI=1S/C25H29N3O4S2/c1-6-10-28-23(30)20-16-9-8-13(3)11-18(16)34-22(20)27-25(28)33-12-17(29)21-14(4)19(15(5)26-21)24(31)32-7-2/h6,13,26H,1,7-12H2,2-5H3/t13-/m1/s1. The number of thiophene rings is 1. The molecule has 0 aliphatic heterocycles. The van der Waals surface area contributed by atoms with Gasteiger partial charge in [-0.3, -0.25) is 14.2 Å². The Kier molecular flexibility index (Phi) is 7.14. The summed E-state index contributed by atoms with van der Waals surface area (Å²) < 4.78 is 6.72. The normalized spacial score (nSPS) is 15.4. The monoisotopic (exact) mass is 499 g/mol. The first-order valence-corrected chi connectivity index (χ1v) is 13.2. The molecule has 0 spiro atoms. The van der Waals surface area contributed by atoms with E-state index in [1.807, 2.05) is 0 Å². The largest absolute Gasteiger partial charge is 0.462 e. The van der Waals surface area contributed by atoms with Crippen molar-refractivity contribution in [3.8, 4) is 0 Å². The Hall–Kier alpha value is -2.65. The third-order valence-electron chi connectivity index (χ3n) is 6.22. The highest BCUT2D eigenvalue weighted by atomic mass is 32.2. The number of rotatable bonds is 8. The minimum Gasteiger partial charge on any atom is -0.462 e. The molecule has 4 rings (SSSR count). The molecule has 180 valence electrons. The Morgan fingerprint density at radius 3 is 2.85 bits per heavy atom. The minimum atomic E-state index is -0.441. The number of aryl methyl sites for hydroxylation is 2. The van der Waals surface area contributed by atoms with Crippen LogP contribution in [0, 0.1) is 19.8 Å². The summed E-state index contributed by atoms with van der Waals surface area (Å²) in [4.78, 5) is 48.6. The SMILES string of the molecule is C=CCn1c(SCC(=O)c2[nH]c(C)c(C(=O)OCC)c2C)nc2sc3c(c2c1=O)CC[C@@H](C)C3. The van der Waals surface area contributed by atoms with Crippen LogP contribution in [0.2, 0.25) is 0 Å². The van der Waals surface area contributed by atoms with E-state index < -0.39 is 5.97 Å². The Balaban J connectivity index is 1.65. The number of fused-ring (bicyclic) bond motifs is 3. The second-order valence-electron chi connectivity index (χ2n) is 8.69. The first-order chi connectivity index (χ1) is 16.3. The Bertz CT molecular complexity index is 1350. The lowest BCUT2D eigenvalue weighted by Gasteiger charge is -2.17. The van der Waals surface area contributed by atoms with Crippen LogP contribution in [-0.2, 0) is 24.1 Å². The number of aromatic nitrogens is 3. The molecule has 0 aromatic carbocycles. The van der Waals surface area contributed by atoms with E-state index in [4.69, 9.17) is 9.72 Å². The maximum atomic E-state index is 13.4. The zero-order valence-electron chi connectivity index (χ0n) is 19.9. The molecule has 34 heavy (non-hydrogen) atoms. The number of H-pyrrole nitrogens is 1. The number of allylic oxidation sites excluding steroid dienone is 1. The predicted molar refractivity (Wildman–Crippen MR) is 137 cm³/mol. The smallest absolute Gasteiger partial charge is 0.340 e. The second kappa shape index (κ2) is 9.92. The van der Waals surface area contributed by atoms with Crippen molar-refractivity contribution in [1.29, 1.82) is 0 Å². The molecule has 3 aromatic rings. The van der Waals surface area contributed by atoms with Gasteiger partial charge in [-0.2, -0.15) is 0 Å². The number of nitrogens with zero attached hydrogens (tertiary/aromatic N) is 2. The molecule has 1 N–H and O–H groups in total. The lowest BCUT2D eigenvalue weighted by molar-refractivity contribution is 0.0525. The van der Waals surface area contributed by atoms with Crippen LogP contribution >= 0.6 is 23.1 Å². The molecule has 0 saturated heterocycles. The molecule has 3 aromatic heterocycles. The molecule has 0 amide bonds. The molecule has 0 fully saturated rings. The molecule has 1 aliphatic carbocycles. The molecule has 0 unspecified atom stereocenters. The highest BCUT2D eigenvalue weighted by Gasteiger charge is 2.26. The fourth-order valence-corrected chi connectivity index (χ4v) is 6.85. The number of carbonyl (C=O) groups is 2. The van der Waals surface area contributed by atoms with Crippen molar-refractivity contribution in [1.82, 2.24) is 14.5 Å². The summed E-state index contributed by atoms with van der Waals surface area (Å²) in [6.07, 6.45) is 4.63. The first kappa shape index (κ1) is 24.5. The molecule has 7 nitrogen and oxygen atoms in total. The fourth-order valence-electron chi connectivity index (χ4n) is 4.55. The fraction of sp³-hybridized carbons (Fsp3) is 0.440. The highest BCUT2D eigenvalue weighted by Crippen LogP contribution is 2.36. The van der Waals surface area contributed by atoms with E-state index in [1.165, 1.54) is 16.6 Å². The van der Waals surface area contributed by atoms with Gasteiger partial charge >= 0.3 is 5.97 Å². The van der Waals surface area contributed by atoms with Crippen molar-refractivity contribution in [2.75, 3.05) is 12.4 Å². The van der Waals surface area contributed by atoms with Crippen LogP contribution in [0.3, 0.4) is 0 Å². The van der Waals surface area contributed by atoms with Crippen LogP contribution in [0.25, 0.3) is 10.2 Å². The summed E-state index contributed by atoms with van der Waals surface area (Å²) >= 11 is 2.83. The van der Waals surface area contributed by atoms with Crippen LogP contribution in [0.4, 0.5) is 0 Å². The molecule has 9 heteroatoms. The molecule has 1 atom stereocenters. The highest BCUT2D eigenvalue weighted by molar-refractivity contribution is 7.99. The van der Waals surface area contributed by atoms with Gasteiger partial charge in [-0.05, 0) is 57.1 Å². The minimum absolute atomic E-state index is 0.0663. The molecular weight excluding hydrogens is 470 g/mol. The van der Waals surface area contributed by atoms with Gasteiger partial charge in [0.1, 0.15) is 4.83 Å². The number of esters is 1. The summed E-state index contributed by atoms with van der Waals surface area (Å²) in [6.45, 7) is 11.9. The average molecular weight is 500 g/mol. The summed E-state index contributed by atoms with van der Waals surface area (Å²) in [5, 5.41) is 1.23. The number of carbonyl (C=O) groups excluding carboxylic acids is 2. The lowest BCUT2D eigenvalue weighted by Crippen LogP contribution is -2.24. The van der Waals surface area contributed by atoms with Crippen LogP contribution in [0.1, 0.15) is 62.8 Å². The van der Waals surface area contributed by atoms with Crippen molar-refractivity contribution < 1.29 is 14.3 Å². The zero-order chi connectivity index (χ0) is 24.6. The van der Waals surface area contributed by atoms with E-state index in [9.17, 15) is 14.4 Å². The van der Waals surface area contributed by atoms with Crippen molar-refractivity contribution in [3.63, 3.8) is 0 Å². The summed E-state index contributed by atoms with van der Waals surface area (Å²) in [5.41, 5.74) is 3.04. The number of aromatic amines is 1. The van der Waals surface area contributed by atoms with Gasteiger partial charge < -0.3 is 9.72 Å². The molecule has 1 aliphatic rings. The number of thioether (sulfide) groups is 1. The Morgan fingerprint density at radius 2 is 2.15 bits per heavy atom. The number of Topliss-reactive ketones (excluding diaryl/α,β-unsaturated/α-hetero) is 1. The number of ether oxygens (including phenoxy) is 1. The van der Waals surface area contributed by atoms with Gasteiger partial charge in [0.2, 0.25) is 0 Å². The van der Waals surface area contributed by atoms with Crippen molar-refractivity contribution >= 4 is 45.1 Å². The van der Waals surface area contributed by atoms with Crippen LogP contribution in [0.15, 0.2) is 22.6 Å². The third kappa shape index (κ3) is 4.38. The Labute approximate surface area is 206 Å². The number of nitrogens with one attached hydrogen (secondary N) is 1. The van der Waals surface area contributed by atoms with Crippen molar-refractivity contribution in [2.24, 2.45) is 5.92 Å². The van der Waals surface area contributed by atoms with Gasteiger partial charge in [0.15, 0.2) is 10.9 Å². The van der Waals surface area contributed by atoms with E-state index >= 15 is 0 Å². The van der Waals surface area contributed by atoms with E-state index in [0.29, 0.717) is 40.1 Å². The van der Waals surface area contributed by atoms with Gasteiger partial charge in [0, 0.05) is 17.1 Å². The van der Waals surface area contributed by atoms with Gasteiger partial charge in [0.05, 0.1) is 29.0 Å². The number of hydrogen-bond donors (Lipinski definition) is 1. The first-order valence-electron chi connectivity index (χ1n) is 11.4. The van der Waals surface area contributed by atoms with Crippen LogP contribution in [-0.4, -0.2) is 38.6 Å². The molecule has 3 heterocycles. The predicted octanol–water partition coefficient (Wildman–Crippen LogP) is 4.87. The quantitative estimate of drug-likeness (QED) is 0.156. The summed E-state index contributed by atoms with van der Waals surface area (Å²) in [7, 11) is 0. The molecular formula is C25H29N3O4S2. The van der Waals surface area contributed by atoms with Gasteiger partial charge in [-0.15, -0.1) is 17.9 Å². The van der Waals surface area contributed by atoms with Gasteiger partial charge in [-0.1, -0.05) is 24.8 Å². The Morgan fingerprint density at radius 1 is 1.38 bits per heavy atom. The van der Waals surface area contributed by atoms with E-state index in [-0.39, 0.29) is 23.7 Å². The number of ketones is 1. The van der Waals surface area contributed by atoms with Gasteiger partial charge in [-0.25, -0.2) is 9.78 Å². The maximum absolute atomic E-state index is 13.4. The number of hydrogen-bond acceptors (Lipinski definition) is 7. The maximum Gasteiger partial charge on any atom is 0.340 e. The van der Waals surface area contributed by atoms with Crippen molar-refractivity contribution in [3.05, 3.63) is 56.0 Å². The average Bonchev–Trinajstić information content (AvgIpc) is 3.30. The molecule has 0 radical (unpaired) electrons. The van der Waals surface area contributed by atoms with Gasteiger partial charge in [0.25, 0.3) is 5.56 Å². The lowest BCUT2D eigenvalue weighted by atomic mass is 9.89. The second-order valence-corrected chi connectivity index (χ2v) is 10.7. The molecule has 0 bridgehead atoms. The van der Waals surface area contributed by atoms with E-state index in [1.54, 1.807) is 42.8 Å². The summed E-state index contributed by atoms with van der Waals surface area (Å²) in [6, 6.07) is 0. The third-order valence-corrected chi connectivity index (χ3v) is 8.34. The topological polar surface area (TPSA) is 94.1 Å². The van der Waals surface area contributed by atoms with E-state index in [2.05, 4.69) is 18.5 Å². The van der Waals surface area contributed by atoms with Crippen molar-refractivity contribution in [2.45, 2.75) is 58.7 Å². The van der Waals surface area contributed by atoms with E-state index in [0.717, 1.165) is 35.0 Å². The zero-order valence-corrected chi connectivity index (χ0v) is 21.6.